The highest BCUT2D eigenvalue weighted by Gasteiger charge is 2.26. The molecule has 1 saturated heterocycles. The molecule has 0 radical (unpaired) electrons. The Morgan fingerprint density at radius 2 is 2.25 bits per heavy atom. The van der Waals surface area contributed by atoms with Crippen molar-refractivity contribution in [3.05, 3.63) is 29.0 Å². The minimum atomic E-state index is -0.464. The minimum absolute atomic E-state index is 0.252. The highest BCUT2D eigenvalue weighted by Crippen LogP contribution is 2.27. The van der Waals surface area contributed by atoms with E-state index >= 15 is 0 Å². The Morgan fingerprint density at radius 3 is 2.93 bits per heavy atom. The Hall–Kier alpha value is -1.86. The number of thiophene rings is 1. The molecule has 28 heavy (non-hydrogen) atoms. The number of rotatable bonds is 5. The summed E-state index contributed by atoms with van der Waals surface area (Å²) in [6.45, 7) is 11.2. The van der Waals surface area contributed by atoms with Crippen molar-refractivity contribution in [2.45, 2.75) is 52.7 Å². The molecule has 0 spiro atoms. The van der Waals surface area contributed by atoms with Crippen molar-refractivity contribution < 1.29 is 13.9 Å². The third-order valence-electron chi connectivity index (χ3n) is 4.84. The molecule has 2 aromatic heterocycles. The van der Waals surface area contributed by atoms with E-state index in [9.17, 15) is 4.79 Å². The number of carbonyl (C=O) groups excluding carboxylic acids is 1. The molecule has 0 saturated carbocycles. The average Bonchev–Trinajstić information content (AvgIpc) is 3.24. The van der Waals surface area contributed by atoms with Crippen LogP contribution < -0.4 is 0 Å². The van der Waals surface area contributed by atoms with Gasteiger partial charge in [0.15, 0.2) is 0 Å². The van der Waals surface area contributed by atoms with Gasteiger partial charge in [0.05, 0.1) is 10.6 Å². The van der Waals surface area contributed by atoms with Gasteiger partial charge in [-0.1, -0.05) is 6.07 Å². The molecule has 0 aromatic carbocycles. The molecule has 1 aliphatic rings. The number of piperidine rings is 1. The highest BCUT2D eigenvalue weighted by atomic mass is 32.1. The number of aromatic nitrogens is 1. The van der Waals surface area contributed by atoms with Gasteiger partial charge in [0.1, 0.15) is 11.4 Å². The first-order valence-electron chi connectivity index (χ1n) is 9.88. The van der Waals surface area contributed by atoms with Gasteiger partial charge in [-0.05, 0) is 64.4 Å². The predicted molar refractivity (Wildman–Crippen MR) is 111 cm³/mol. The first-order chi connectivity index (χ1) is 13.2. The van der Waals surface area contributed by atoms with Crippen LogP contribution in [-0.4, -0.2) is 53.2 Å². The maximum Gasteiger partial charge on any atom is 0.410 e. The molecule has 2 aromatic rings. The summed E-state index contributed by atoms with van der Waals surface area (Å²) in [6, 6.07) is 4.04. The van der Waals surface area contributed by atoms with Gasteiger partial charge in [0.2, 0.25) is 5.89 Å². The number of amides is 1. The Bertz CT molecular complexity index is 779. The monoisotopic (exact) mass is 405 g/mol. The van der Waals surface area contributed by atoms with Gasteiger partial charge in [-0.3, -0.25) is 4.90 Å². The average molecular weight is 406 g/mol. The molecule has 1 atom stereocenters. The molecule has 6 nitrogen and oxygen atoms in total. The van der Waals surface area contributed by atoms with Gasteiger partial charge in [0.25, 0.3) is 0 Å². The van der Waals surface area contributed by atoms with Crippen LogP contribution in [0.5, 0.6) is 0 Å². The second-order valence-electron chi connectivity index (χ2n) is 8.60. The Balaban J connectivity index is 1.56. The molecule has 154 valence electrons. The molecule has 0 N–H and O–H groups in total. The Labute approximate surface area is 171 Å². The molecular formula is C21H31N3O3S. The van der Waals surface area contributed by atoms with Crippen LogP contribution in [0.15, 0.2) is 21.9 Å². The number of aryl methyl sites for hydroxylation is 1. The summed E-state index contributed by atoms with van der Waals surface area (Å²) in [6.07, 6.45) is 2.00. The van der Waals surface area contributed by atoms with Gasteiger partial charge in [-0.15, -0.1) is 11.3 Å². The molecule has 3 heterocycles. The Kier molecular flexibility index (Phi) is 6.45. The first-order valence-corrected chi connectivity index (χ1v) is 10.8. The number of likely N-dealkylation sites (tertiary alicyclic amines) is 1. The van der Waals surface area contributed by atoms with Crippen LogP contribution in [0.4, 0.5) is 4.79 Å². The summed E-state index contributed by atoms with van der Waals surface area (Å²) in [5, 5.41) is 2.03. The first kappa shape index (κ1) is 20.9. The summed E-state index contributed by atoms with van der Waals surface area (Å²) in [5.41, 5.74) is 0.541. The predicted octanol–water partition coefficient (Wildman–Crippen LogP) is 4.79. The fourth-order valence-corrected chi connectivity index (χ4v) is 4.19. The summed E-state index contributed by atoms with van der Waals surface area (Å²) in [4.78, 5) is 22.1. The van der Waals surface area contributed by atoms with Crippen molar-refractivity contribution in [2.24, 2.45) is 5.92 Å². The molecule has 3 rings (SSSR count). The van der Waals surface area contributed by atoms with Gasteiger partial charge in [-0.2, -0.15) is 0 Å². The van der Waals surface area contributed by atoms with E-state index < -0.39 is 5.60 Å². The minimum Gasteiger partial charge on any atom is -0.444 e. The lowest BCUT2D eigenvalue weighted by Crippen LogP contribution is -2.42. The smallest absolute Gasteiger partial charge is 0.410 e. The summed E-state index contributed by atoms with van der Waals surface area (Å²) >= 11 is 1.64. The molecule has 1 aliphatic heterocycles. The second kappa shape index (κ2) is 8.66. The fourth-order valence-electron chi connectivity index (χ4n) is 3.54. The van der Waals surface area contributed by atoms with Gasteiger partial charge in [0, 0.05) is 26.7 Å². The lowest BCUT2D eigenvalue weighted by Gasteiger charge is -2.34. The van der Waals surface area contributed by atoms with E-state index in [1.807, 2.05) is 52.3 Å². The molecule has 7 heteroatoms. The van der Waals surface area contributed by atoms with E-state index in [0.717, 1.165) is 48.8 Å². The van der Waals surface area contributed by atoms with Crippen molar-refractivity contribution in [1.29, 1.82) is 0 Å². The maximum absolute atomic E-state index is 12.2. The third kappa shape index (κ3) is 5.58. The summed E-state index contributed by atoms with van der Waals surface area (Å²) in [5.74, 6) is 2.03. The van der Waals surface area contributed by atoms with Crippen molar-refractivity contribution in [2.75, 3.05) is 26.7 Å². The van der Waals surface area contributed by atoms with Gasteiger partial charge in [-0.25, -0.2) is 9.78 Å². The third-order valence-corrected chi connectivity index (χ3v) is 5.70. The largest absolute Gasteiger partial charge is 0.444 e. The Morgan fingerprint density at radius 1 is 1.46 bits per heavy atom. The maximum atomic E-state index is 12.2. The number of carbonyl (C=O) groups is 1. The number of nitrogens with zero attached hydrogens (tertiary/aromatic N) is 3. The van der Waals surface area contributed by atoms with Crippen LogP contribution in [0, 0.1) is 12.8 Å². The summed E-state index contributed by atoms with van der Waals surface area (Å²) < 4.78 is 11.3. The van der Waals surface area contributed by atoms with Crippen LogP contribution in [0.1, 0.15) is 45.1 Å². The molecule has 1 unspecified atom stereocenters. The van der Waals surface area contributed by atoms with E-state index in [1.54, 1.807) is 16.2 Å². The fraction of sp³-hybridized carbons (Fsp3) is 0.619. The van der Waals surface area contributed by atoms with Gasteiger partial charge < -0.3 is 14.1 Å². The molecule has 0 aliphatic carbocycles. The van der Waals surface area contributed by atoms with Crippen molar-refractivity contribution in [3.63, 3.8) is 0 Å². The molecular weight excluding hydrogens is 374 g/mol. The molecule has 1 amide bonds. The number of hydrogen-bond donors (Lipinski definition) is 0. The van der Waals surface area contributed by atoms with Crippen molar-refractivity contribution in [3.8, 4) is 10.8 Å². The quantitative estimate of drug-likeness (QED) is 0.716. The topological polar surface area (TPSA) is 58.8 Å². The number of oxazole rings is 1. The lowest BCUT2D eigenvalue weighted by molar-refractivity contribution is 0.0241. The number of hydrogen-bond acceptors (Lipinski definition) is 6. The van der Waals surface area contributed by atoms with E-state index in [2.05, 4.69) is 4.90 Å². The van der Waals surface area contributed by atoms with Crippen molar-refractivity contribution in [1.82, 2.24) is 14.8 Å². The van der Waals surface area contributed by atoms with Crippen LogP contribution in [0.3, 0.4) is 0 Å². The zero-order valence-electron chi connectivity index (χ0n) is 17.5. The second-order valence-corrected chi connectivity index (χ2v) is 9.55. The van der Waals surface area contributed by atoms with Crippen LogP contribution in [0.2, 0.25) is 0 Å². The SMILES string of the molecule is Cc1oc(-c2cccs2)nc1CN1CCCC(CN(C)C(=O)OC(C)(C)C)C1. The molecule has 1 fully saturated rings. The van der Waals surface area contributed by atoms with E-state index in [1.165, 1.54) is 0 Å². The summed E-state index contributed by atoms with van der Waals surface area (Å²) in [7, 11) is 1.82. The normalized spacial score (nSPS) is 18.2. The van der Waals surface area contributed by atoms with Crippen molar-refractivity contribution >= 4 is 17.4 Å². The van der Waals surface area contributed by atoms with Crippen LogP contribution in [0.25, 0.3) is 10.8 Å². The van der Waals surface area contributed by atoms with E-state index in [-0.39, 0.29) is 6.09 Å². The van der Waals surface area contributed by atoms with Crippen LogP contribution >= 0.6 is 11.3 Å². The van der Waals surface area contributed by atoms with E-state index in [0.29, 0.717) is 18.4 Å². The van der Waals surface area contributed by atoms with Gasteiger partial charge >= 0.3 is 6.09 Å². The lowest BCUT2D eigenvalue weighted by atomic mass is 9.97. The zero-order valence-corrected chi connectivity index (χ0v) is 18.3. The van der Waals surface area contributed by atoms with E-state index in [4.69, 9.17) is 14.1 Å². The highest BCUT2D eigenvalue weighted by molar-refractivity contribution is 7.13. The zero-order chi connectivity index (χ0) is 20.3. The molecule has 0 bridgehead atoms. The number of ether oxygens (including phenoxy) is 1. The van der Waals surface area contributed by atoms with Crippen LogP contribution in [-0.2, 0) is 11.3 Å². The standard InChI is InChI=1S/C21H31N3O3S/c1-15-17(22-19(26-15)18-9-7-11-28-18)14-24-10-6-8-16(13-24)12-23(5)20(25)27-21(2,3)4/h7,9,11,16H,6,8,10,12-14H2,1-5H3.